The first-order chi connectivity index (χ1) is 11.5. The van der Waals surface area contributed by atoms with Crippen LogP contribution >= 0.6 is 0 Å². The van der Waals surface area contributed by atoms with Gasteiger partial charge in [-0.15, -0.1) is 0 Å². The second-order valence-corrected chi connectivity index (χ2v) is 6.53. The fraction of sp³-hybridized carbons (Fsp3) is 0.529. The number of nitrogens with zero attached hydrogens (tertiary/aromatic N) is 5. The summed E-state index contributed by atoms with van der Waals surface area (Å²) >= 11 is 0. The van der Waals surface area contributed by atoms with E-state index in [-0.39, 0.29) is 0 Å². The molecule has 0 aliphatic carbocycles. The maximum atomic E-state index is 6.40. The number of rotatable bonds is 4. The van der Waals surface area contributed by atoms with Crippen LogP contribution in [0.15, 0.2) is 18.6 Å². The topological polar surface area (TPSA) is 72.4 Å². The van der Waals surface area contributed by atoms with Crippen molar-refractivity contribution in [3.05, 3.63) is 18.6 Å². The molecule has 0 aromatic carbocycles. The Morgan fingerprint density at radius 3 is 2.50 bits per heavy atom. The Kier molecular flexibility index (Phi) is 4.62. The fourth-order valence-electron chi connectivity index (χ4n) is 3.38. The maximum Gasteiger partial charge on any atom is 0.239 e. The molecule has 7 nitrogen and oxygen atoms in total. The summed E-state index contributed by atoms with van der Waals surface area (Å²) in [5, 5.41) is 4.28. The molecular formula is C17H26N6O. The second-order valence-electron chi connectivity index (χ2n) is 6.53. The van der Waals surface area contributed by atoms with Crippen molar-refractivity contribution in [3.8, 4) is 17.0 Å². The van der Waals surface area contributed by atoms with Gasteiger partial charge in [0.1, 0.15) is 5.69 Å². The van der Waals surface area contributed by atoms with Gasteiger partial charge in [-0.2, -0.15) is 5.10 Å². The zero-order chi connectivity index (χ0) is 17.3. The monoisotopic (exact) mass is 330 g/mol. The van der Waals surface area contributed by atoms with E-state index in [4.69, 9.17) is 10.5 Å². The van der Waals surface area contributed by atoms with Crippen molar-refractivity contribution in [2.45, 2.75) is 18.9 Å². The third kappa shape index (κ3) is 3.03. The van der Waals surface area contributed by atoms with Gasteiger partial charge in [-0.25, -0.2) is 4.98 Å². The van der Waals surface area contributed by atoms with Gasteiger partial charge >= 0.3 is 0 Å². The summed E-state index contributed by atoms with van der Waals surface area (Å²) < 4.78 is 7.13. The van der Waals surface area contributed by atoms with E-state index in [9.17, 15) is 0 Å². The van der Waals surface area contributed by atoms with Gasteiger partial charge in [-0.05, 0) is 26.9 Å². The SMILES string of the molecule is COc1ncc(-c2cnn(C)c2)c(N2CCC(N(C)C)CC2)c1N. The lowest BCUT2D eigenvalue weighted by atomic mass is 10.0. The average molecular weight is 330 g/mol. The number of hydrogen-bond acceptors (Lipinski definition) is 6. The van der Waals surface area contributed by atoms with Crippen LogP contribution in [-0.4, -0.2) is 60.0 Å². The highest BCUT2D eigenvalue weighted by Gasteiger charge is 2.26. The molecule has 0 amide bonds. The number of pyridine rings is 1. The summed E-state index contributed by atoms with van der Waals surface area (Å²) in [6.07, 6.45) is 7.89. The molecule has 7 heteroatoms. The van der Waals surface area contributed by atoms with Gasteiger partial charge in [0.25, 0.3) is 0 Å². The van der Waals surface area contributed by atoms with Crippen LogP contribution in [-0.2, 0) is 7.05 Å². The zero-order valence-electron chi connectivity index (χ0n) is 14.9. The third-order valence-corrected chi connectivity index (χ3v) is 4.77. The van der Waals surface area contributed by atoms with E-state index in [0.29, 0.717) is 17.6 Å². The molecule has 0 spiro atoms. The van der Waals surface area contributed by atoms with Crippen LogP contribution in [0.3, 0.4) is 0 Å². The van der Waals surface area contributed by atoms with Crippen LogP contribution < -0.4 is 15.4 Å². The Bertz CT molecular complexity index is 703. The smallest absolute Gasteiger partial charge is 0.239 e. The number of nitrogens with two attached hydrogens (primary N) is 1. The molecule has 2 aromatic heterocycles. The minimum Gasteiger partial charge on any atom is -0.479 e. The molecule has 1 fully saturated rings. The molecule has 3 heterocycles. The van der Waals surface area contributed by atoms with Crippen molar-refractivity contribution in [3.63, 3.8) is 0 Å². The summed E-state index contributed by atoms with van der Waals surface area (Å²) in [5.74, 6) is 0.479. The molecule has 0 atom stereocenters. The molecule has 0 saturated carbocycles. The summed E-state index contributed by atoms with van der Waals surface area (Å²) in [5.41, 5.74) is 10.0. The first-order valence-electron chi connectivity index (χ1n) is 8.24. The lowest BCUT2D eigenvalue weighted by Crippen LogP contribution is -2.42. The Morgan fingerprint density at radius 2 is 1.96 bits per heavy atom. The predicted octanol–water partition coefficient (Wildman–Crippen LogP) is 1.60. The molecular weight excluding hydrogens is 304 g/mol. The van der Waals surface area contributed by atoms with Gasteiger partial charge in [-0.3, -0.25) is 4.68 Å². The number of aryl methyl sites for hydroxylation is 1. The number of aromatic nitrogens is 3. The van der Waals surface area contributed by atoms with Crippen LogP contribution in [0.1, 0.15) is 12.8 Å². The molecule has 2 aromatic rings. The number of anilines is 2. The fourth-order valence-corrected chi connectivity index (χ4v) is 3.38. The highest BCUT2D eigenvalue weighted by atomic mass is 16.5. The van der Waals surface area contributed by atoms with Crippen LogP contribution in [0.4, 0.5) is 11.4 Å². The lowest BCUT2D eigenvalue weighted by molar-refractivity contribution is 0.250. The Morgan fingerprint density at radius 1 is 1.25 bits per heavy atom. The van der Waals surface area contributed by atoms with Gasteiger partial charge in [0, 0.05) is 49.7 Å². The van der Waals surface area contributed by atoms with Crippen molar-refractivity contribution in [2.24, 2.45) is 7.05 Å². The number of ether oxygens (including phenoxy) is 1. The lowest BCUT2D eigenvalue weighted by Gasteiger charge is -2.37. The predicted molar refractivity (Wildman–Crippen MR) is 96.3 cm³/mol. The highest BCUT2D eigenvalue weighted by molar-refractivity contribution is 5.88. The third-order valence-electron chi connectivity index (χ3n) is 4.77. The number of nitrogen functional groups attached to an aromatic ring is 1. The highest BCUT2D eigenvalue weighted by Crippen LogP contribution is 2.40. The molecule has 130 valence electrons. The minimum absolute atomic E-state index is 0.479. The van der Waals surface area contributed by atoms with Crippen molar-refractivity contribution in [1.29, 1.82) is 0 Å². The van der Waals surface area contributed by atoms with E-state index < -0.39 is 0 Å². The van der Waals surface area contributed by atoms with Crippen LogP contribution in [0.25, 0.3) is 11.1 Å². The van der Waals surface area contributed by atoms with Gasteiger partial charge < -0.3 is 20.3 Å². The molecule has 0 unspecified atom stereocenters. The molecule has 1 aliphatic heterocycles. The Balaban J connectivity index is 1.99. The van der Waals surface area contributed by atoms with Crippen LogP contribution in [0, 0.1) is 0 Å². The first kappa shape index (κ1) is 16.6. The maximum absolute atomic E-state index is 6.40. The number of methoxy groups -OCH3 is 1. The van der Waals surface area contributed by atoms with E-state index in [2.05, 4.69) is 34.0 Å². The number of piperidine rings is 1. The van der Waals surface area contributed by atoms with Gasteiger partial charge in [0.15, 0.2) is 0 Å². The van der Waals surface area contributed by atoms with Crippen LogP contribution in [0.2, 0.25) is 0 Å². The van der Waals surface area contributed by atoms with Crippen molar-refractivity contribution < 1.29 is 4.74 Å². The van der Waals surface area contributed by atoms with E-state index >= 15 is 0 Å². The second kappa shape index (κ2) is 6.68. The quantitative estimate of drug-likeness (QED) is 0.918. The van der Waals surface area contributed by atoms with Gasteiger partial charge in [0.05, 0.1) is 19.0 Å². The summed E-state index contributed by atoms with van der Waals surface area (Å²) in [7, 11) is 7.80. The summed E-state index contributed by atoms with van der Waals surface area (Å²) in [6.45, 7) is 1.93. The molecule has 0 radical (unpaired) electrons. The number of hydrogen-bond donors (Lipinski definition) is 1. The van der Waals surface area contributed by atoms with E-state index in [1.165, 1.54) is 0 Å². The largest absolute Gasteiger partial charge is 0.479 e. The van der Waals surface area contributed by atoms with Crippen molar-refractivity contribution in [2.75, 3.05) is 44.9 Å². The minimum atomic E-state index is 0.479. The van der Waals surface area contributed by atoms with Crippen molar-refractivity contribution >= 4 is 11.4 Å². The Hall–Kier alpha value is -2.28. The summed E-state index contributed by atoms with van der Waals surface area (Å²) in [4.78, 5) is 9.01. The van der Waals surface area contributed by atoms with Gasteiger partial charge in [-0.1, -0.05) is 0 Å². The van der Waals surface area contributed by atoms with Crippen molar-refractivity contribution in [1.82, 2.24) is 19.7 Å². The first-order valence-corrected chi connectivity index (χ1v) is 8.24. The summed E-state index contributed by atoms with van der Waals surface area (Å²) in [6, 6.07) is 0.619. The molecule has 1 aliphatic rings. The molecule has 1 saturated heterocycles. The van der Waals surface area contributed by atoms with E-state index in [0.717, 1.165) is 42.7 Å². The molecule has 0 bridgehead atoms. The zero-order valence-corrected chi connectivity index (χ0v) is 14.9. The van der Waals surface area contributed by atoms with E-state index in [1.807, 2.05) is 25.6 Å². The Labute approximate surface area is 143 Å². The standard InChI is InChI=1S/C17H26N6O/c1-21(2)13-5-7-23(8-6-13)16-14(12-9-20-22(3)11-12)10-19-17(24-4)15(16)18/h9-11,13H,5-8,18H2,1-4H3. The van der Waals surface area contributed by atoms with Gasteiger partial charge in [0.2, 0.25) is 5.88 Å². The average Bonchev–Trinajstić information content (AvgIpc) is 3.01. The molecule has 2 N–H and O–H groups in total. The molecule has 3 rings (SSSR count). The van der Waals surface area contributed by atoms with E-state index in [1.54, 1.807) is 11.8 Å². The molecule has 24 heavy (non-hydrogen) atoms. The van der Waals surface area contributed by atoms with Crippen LogP contribution in [0.5, 0.6) is 5.88 Å². The normalized spacial score (nSPS) is 16.0.